The van der Waals surface area contributed by atoms with Crippen LogP contribution in [0.1, 0.15) is 34.6 Å². The van der Waals surface area contributed by atoms with Gasteiger partial charge < -0.3 is 24.3 Å². The smallest absolute Gasteiger partial charge is 0.258 e. The average molecular weight is 526 g/mol. The summed E-state index contributed by atoms with van der Waals surface area (Å²) in [5.41, 5.74) is 0.532. The molecule has 0 heterocycles. The number of hydrogen-bond donors (Lipinski definition) is 1. The number of halogens is 2. The van der Waals surface area contributed by atoms with Gasteiger partial charge in [-0.2, -0.15) is 10.2 Å². The van der Waals surface area contributed by atoms with Gasteiger partial charge in [-0.15, -0.1) is 0 Å². The van der Waals surface area contributed by atoms with E-state index < -0.39 is 17.7 Å². The number of carbonyl (C=O) groups excluding carboxylic acids is 2. The van der Waals surface area contributed by atoms with Crippen LogP contribution in [0.5, 0.6) is 23.0 Å². The number of azo groups is 1. The summed E-state index contributed by atoms with van der Waals surface area (Å²) in [6.07, 6.45) is 0. The van der Waals surface area contributed by atoms with Crippen molar-refractivity contribution in [1.82, 2.24) is 0 Å². The lowest BCUT2D eigenvalue weighted by atomic mass is 10.2. The van der Waals surface area contributed by atoms with Crippen molar-refractivity contribution < 1.29 is 28.5 Å². The zero-order valence-corrected chi connectivity index (χ0v) is 21.8. The number of amides is 1. The highest BCUT2D eigenvalue weighted by atomic mass is 35.5. The van der Waals surface area contributed by atoms with Crippen molar-refractivity contribution in [2.24, 2.45) is 10.2 Å². The molecule has 35 heavy (non-hydrogen) atoms. The number of benzene rings is 2. The van der Waals surface area contributed by atoms with Crippen molar-refractivity contribution >= 4 is 46.3 Å². The fourth-order valence-electron chi connectivity index (χ4n) is 2.98. The number of hydrogen-bond acceptors (Lipinski definition) is 8. The number of nitrogens with one attached hydrogen (secondary N) is 1. The summed E-state index contributed by atoms with van der Waals surface area (Å²) in [7, 11) is 0. The standard InChI is InChI=1S/C24H29Cl2N3O6/c1-6-32-19-13-20(33-7-2)18(12-16(19)26)28-29-21(14(5)30)24(31)27-17-11-10-15(25)22(34-8-3)23(17)35-9-4/h10-13,21H,6-9H2,1-5H3,(H,27,31). The summed E-state index contributed by atoms with van der Waals surface area (Å²) in [5, 5.41) is 11.4. The predicted octanol–water partition coefficient (Wildman–Crippen LogP) is 6.27. The van der Waals surface area contributed by atoms with Crippen LogP contribution < -0.4 is 24.3 Å². The van der Waals surface area contributed by atoms with Crippen LogP contribution in [0.3, 0.4) is 0 Å². The SMILES string of the molecule is CCOc1cc(OCC)c(N=NC(C(C)=O)C(=O)Nc2ccc(Cl)c(OCC)c2OCC)cc1Cl. The maximum Gasteiger partial charge on any atom is 0.258 e. The minimum absolute atomic E-state index is 0.250. The van der Waals surface area contributed by atoms with E-state index in [2.05, 4.69) is 15.5 Å². The molecule has 0 saturated heterocycles. The van der Waals surface area contributed by atoms with E-state index in [1.165, 1.54) is 13.0 Å². The van der Waals surface area contributed by atoms with Gasteiger partial charge in [0.25, 0.3) is 5.91 Å². The van der Waals surface area contributed by atoms with E-state index in [1.807, 2.05) is 6.92 Å². The molecule has 0 fully saturated rings. The third kappa shape index (κ3) is 7.47. The van der Waals surface area contributed by atoms with Crippen molar-refractivity contribution in [3.05, 3.63) is 34.3 Å². The van der Waals surface area contributed by atoms with E-state index in [1.54, 1.807) is 39.0 Å². The van der Waals surface area contributed by atoms with E-state index in [0.29, 0.717) is 53.7 Å². The molecule has 1 unspecified atom stereocenters. The Morgan fingerprint density at radius 3 is 2.06 bits per heavy atom. The first-order valence-corrected chi connectivity index (χ1v) is 11.9. The normalized spacial score (nSPS) is 11.7. The minimum atomic E-state index is -1.43. The molecule has 1 amide bonds. The second kappa shape index (κ2) is 13.7. The molecule has 9 nitrogen and oxygen atoms in total. The van der Waals surface area contributed by atoms with E-state index >= 15 is 0 Å². The van der Waals surface area contributed by atoms with Crippen molar-refractivity contribution in [3.63, 3.8) is 0 Å². The van der Waals surface area contributed by atoms with Gasteiger partial charge in [0, 0.05) is 6.07 Å². The molecule has 190 valence electrons. The molecule has 0 aliphatic rings. The Balaban J connectivity index is 2.38. The molecule has 1 N–H and O–H groups in total. The average Bonchev–Trinajstić information content (AvgIpc) is 2.81. The van der Waals surface area contributed by atoms with Crippen molar-refractivity contribution in [1.29, 1.82) is 0 Å². The summed E-state index contributed by atoms with van der Waals surface area (Å²) in [5.74, 6) is 0.102. The second-order valence-corrected chi connectivity index (χ2v) is 7.77. The fraction of sp³-hybridized carbons (Fsp3) is 0.417. The zero-order chi connectivity index (χ0) is 26.0. The Labute approximate surface area is 214 Å². The number of rotatable bonds is 13. The van der Waals surface area contributed by atoms with Gasteiger partial charge in [-0.3, -0.25) is 9.59 Å². The first kappa shape index (κ1) is 28.2. The quantitative estimate of drug-likeness (QED) is 0.244. The highest BCUT2D eigenvalue weighted by Crippen LogP contribution is 2.42. The molecule has 0 aliphatic carbocycles. The van der Waals surface area contributed by atoms with Crippen LogP contribution in [0.15, 0.2) is 34.5 Å². The summed E-state index contributed by atoms with van der Waals surface area (Å²) in [6, 6.07) is 4.77. The van der Waals surface area contributed by atoms with E-state index in [-0.39, 0.29) is 17.1 Å². The van der Waals surface area contributed by atoms with Crippen molar-refractivity contribution in [3.8, 4) is 23.0 Å². The van der Waals surface area contributed by atoms with Crippen LogP contribution in [-0.2, 0) is 9.59 Å². The third-order valence-corrected chi connectivity index (χ3v) is 5.02. The van der Waals surface area contributed by atoms with Crippen LogP contribution in [0.2, 0.25) is 10.0 Å². The first-order chi connectivity index (χ1) is 16.8. The van der Waals surface area contributed by atoms with Crippen molar-refractivity contribution in [2.45, 2.75) is 40.7 Å². The van der Waals surface area contributed by atoms with Gasteiger partial charge in [0.15, 0.2) is 23.0 Å². The Bertz CT molecular complexity index is 1080. The van der Waals surface area contributed by atoms with E-state index in [4.69, 9.17) is 42.1 Å². The largest absolute Gasteiger partial charge is 0.492 e. The second-order valence-electron chi connectivity index (χ2n) is 6.95. The molecular formula is C24H29Cl2N3O6. The monoisotopic (exact) mass is 525 g/mol. The minimum Gasteiger partial charge on any atom is -0.492 e. The van der Waals surface area contributed by atoms with Crippen LogP contribution in [-0.4, -0.2) is 44.2 Å². The highest BCUT2D eigenvalue weighted by Gasteiger charge is 2.26. The van der Waals surface area contributed by atoms with Gasteiger partial charge in [0.1, 0.15) is 11.4 Å². The van der Waals surface area contributed by atoms with Gasteiger partial charge >= 0.3 is 0 Å². The predicted molar refractivity (Wildman–Crippen MR) is 135 cm³/mol. The summed E-state index contributed by atoms with van der Waals surface area (Å²) in [6.45, 7) is 9.87. The molecule has 2 rings (SSSR count). The Morgan fingerprint density at radius 2 is 1.46 bits per heavy atom. The van der Waals surface area contributed by atoms with Crippen molar-refractivity contribution in [2.75, 3.05) is 31.7 Å². The third-order valence-electron chi connectivity index (χ3n) is 4.43. The number of nitrogens with zero attached hydrogens (tertiary/aromatic N) is 2. The van der Waals surface area contributed by atoms with Crippen LogP contribution >= 0.6 is 23.2 Å². The lowest BCUT2D eigenvalue weighted by Gasteiger charge is -2.18. The molecule has 0 spiro atoms. The number of carbonyl (C=O) groups is 2. The summed E-state index contributed by atoms with van der Waals surface area (Å²) in [4.78, 5) is 25.3. The lowest BCUT2D eigenvalue weighted by molar-refractivity contribution is -0.126. The lowest BCUT2D eigenvalue weighted by Crippen LogP contribution is -2.32. The van der Waals surface area contributed by atoms with Crippen LogP contribution in [0, 0.1) is 0 Å². The van der Waals surface area contributed by atoms with E-state index in [9.17, 15) is 9.59 Å². The molecule has 0 aromatic heterocycles. The molecule has 2 aromatic carbocycles. The zero-order valence-electron chi connectivity index (χ0n) is 20.3. The topological polar surface area (TPSA) is 108 Å². The number of ether oxygens (including phenoxy) is 4. The fourth-order valence-corrected chi connectivity index (χ4v) is 3.40. The summed E-state index contributed by atoms with van der Waals surface area (Å²) < 4.78 is 22.3. The Hall–Kier alpha value is -3.04. The van der Waals surface area contributed by atoms with Crippen LogP contribution in [0.4, 0.5) is 11.4 Å². The van der Waals surface area contributed by atoms with Gasteiger partial charge in [-0.25, -0.2) is 0 Å². The Morgan fingerprint density at radius 1 is 0.857 bits per heavy atom. The van der Waals surface area contributed by atoms with Gasteiger partial charge in [0.05, 0.1) is 42.2 Å². The molecule has 0 radical (unpaired) electrons. The van der Waals surface area contributed by atoms with Gasteiger partial charge in [-0.05, 0) is 52.8 Å². The maximum atomic E-state index is 13.0. The first-order valence-electron chi connectivity index (χ1n) is 11.2. The Kier molecular flexibility index (Phi) is 11.1. The number of ketones is 1. The number of Topliss-reactive ketones (excluding diaryl/α,β-unsaturated/α-hetero) is 1. The molecule has 11 heteroatoms. The van der Waals surface area contributed by atoms with E-state index in [0.717, 1.165) is 0 Å². The van der Waals surface area contributed by atoms with Gasteiger partial charge in [0.2, 0.25) is 6.04 Å². The molecule has 1 atom stereocenters. The number of anilines is 1. The summed E-state index contributed by atoms with van der Waals surface area (Å²) >= 11 is 12.5. The van der Waals surface area contributed by atoms with Crippen LogP contribution in [0.25, 0.3) is 0 Å². The van der Waals surface area contributed by atoms with Gasteiger partial charge in [-0.1, -0.05) is 23.2 Å². The maximum absolute atomic E-state index is 13.0. The molecule has 0 saturated carbocycles. The molecular weight excluding hydrogens is 497 g/mol. The molecule has 2 aromatic rings. The molecule has 0 bridgehead atoms. The highest BCUT2D eigenvalue weighted by molar-refractivity contribution is 6.32. The molecule has 0 aliphatic heterocycles.